The van der Waals surface area contributed by atoms with E-state index in [2.05, 4.69) is 15.1 Å². The molecule has 1 aromatic rings. The molecule has 6 nitrogen and oxygen atoms in total. The van der Waals surface area contributed by atoms with Gasteiger partial charge in [0.15, 0.2) is 0 Å². The van der Waals surface area contributed by atoms with Crippen molar-refractivity contribution in [3.63, 3.8) is 0 Å². The number of piperazine rings is 1. The first kappa shape index (κ1) is 19.7. The summed E-state index contributed by atoms with van der Waals surface area (Å²) in [6, 6.07) is 7.74. The second-order valence-electron chi connectivity index (χ2n) is 6.82. The van der Waals surface area contributed by atoms with Crippen LogP contribution < -0.4 is 10.1 Å². The second-order valence-corrected chi connectivity index (χ2v) is 6.82. The molecule has 0 aliphatic carbocycles. The van der Waals surface area contributed by atoms with Crippen LogP contribution in [0.3, 0.4) is 0 Å². The number of nitrogens with zero attached hydrogens (tertiary/aromatic N) is 2. The minimum atomic E-state index is -0.305. The van der Waals surface area contributed by atoms with Crippen LogP contribution in [-0.4, -0.2) is 78.8 Å². The van der Waals surface area contributed by atoms with Crippen LogP contribution in [0.5, 0.6) is 5.75 Å². The average Bonchev–Trinajstić information content (AvgIpc) is 2.58. The molecule has 1 heterocycles. The van der Waals surface area contributed by atoms with Gasteiger partial charge in [-0.05, 0) is 38.5 Å². The zero-order chi connectivity index (χ0) is 18.2. The number of β-amino-alcohol motifs (C(OH)–C–C–N with tert-alkyl or cyclic N) is 1. The Kier molecular flexibility index (Phi) is 7.68. The molecule has 1 aromatic carbocycles. The van der Waals surface area contributed by atoms with Crippen LogP contribution >= 0.6 is 0 Å². The lowest BCUT2D eigenvalue weighted by atomic mass is 10.2. The van der Waals surface area contributed by atoms with Crippen molar-refractivity contribution < 1.29 is 14.6 Å². The number of aliphatic hydroxyl groups excluding tert-OH is 1. The van der Waals surface area contributed by atoms with Gasteiger partial charge in [-0.15, -0.1) is 0 Å². The molecular weight excluding hydrogens is 318 g/mol. The van der Waals surface area contributed by atoms with E-state index in [4.69, 9.17) is 4.74 Å². The molecule has 0 saturated carbocycles. The Labute approximate surface area is 150 Å². The molecular formula is C19H31N3O3. The van der Waals surface area contributed by atoms with Gasteiger partial charge >= 0.3 is 0 Å². The lowest BCUT2D eigenvalue weighted by Gasteiger charge is -2.37. The molecule has 0 radical (unpaired) electrons. The topological polar surface area (TPSA) is 65.0 Å². The lowest BCUT2D eigenvalue weighted by molar-refractivity contribution is -0.126. The third kappa shape index (κ3) is 6.65. The van der Waals surface area contributed by atoms with Gasteiger partial charge in [0.05, 0.1) is 18.7 Å². The summed E-state index contributed by atoms with van der Waals surface area (Å²) >= 11 is 0. The smallest absolute Gasteiger partial charge is 0.237 e. The van der Waals surface area contributed by atoms with Gasteiger partial charge in [0.25, 0.3) is 0 Å². The zero-order valence-electron chi connectivity index (χ0n) is 15.6. The molecule has 0 bridgehead atoms. The van der Waals surface area contributed by atoms with Crippen LogP contribution in [0.2, 0.25) is 0 Å². The highest BCUT2D eigenvalue weighted by molar-refractivity contribution is 5.81. The molecule has 6 heteroatoms. The van der Waals surface area contributed by atoms with Gasteiger partial charge in [-0.2, -0.15) is 0 Å². The highest BCUT2D eigenvalue weighted by Gasteiger charge is 2.25. The normalized spacial score (nSPS) is 18.6. The zero-order valence-corrected chi connectivity index (χ0v) is 15.6. The first-order valence-corrected chi connectivity index (χ1v) is 9.07. The van der Waals surface area contributed by atoms with Crippen molar-refractivity contribution in [1.29, 1.82) is 0 Å². The standard InChI is InChI=1S/C19H31N3O3/c1-15-5-4-6-18(13-15)25-12-7-20-19(24)17(3)22-10-8-21(9-11-22)14-16(2)23/h4-6,13,16-17,23H,7-12,14H2,1-3H3,(H,20,24)/t16-,17+/m1/s1. The molecule has 2 atom stereocenters. The van der Waals surface area contributed by atoms with E-state index >= 15 is 0 Å². The van der Waals surface area contributed by atoms with Gasteiger partial charge in [-0.3, -0.25) is 14.6 Å². The summed E-state index contributed by atoms with van der Waals surface area (Å²) in [5.41, 5.74) is 1.16. The van der Waals surface area contributed by atoms with Crippen LogP contribution in [0.25, 0.3) is 0 Å². The monoisotopic (exact) mass is 349 g/mol. The Balaban J connectivity index is 1.65. The van der Waals surface area contributed by atoms with Gasteiger partial charge < -0.3 is 15.2 Å². The summed E-state index contributed by atoms with van der Waals surface area (Å²) in [4.78, 5) is 16.7. The highest BCUT2D eigenvalue weighted by Crippen LogP contribution is 2.12. The summed E-state index contributed by atoms with van der Waals surface area (Å²) < 4.78 is 5.65. The number of hydrogen-bond donors (Lipinski definition) is 2. The molecule has 25 heavy (non-hydrogen) atoms. The lowest BCUT2D eigenvalue weighted by Crippen LogP contribution is -2.54. The Morgan fingerprint density at radius 2 is 2.00 bits per heavy atom. The first-order chi connectivity index (χ1) is 12.0. The van der Waals surface area contributed by atoms with Crippen LogP contribution in [-0.2, 0) is 4.79 Å². The number of aryl methyl sites for hydroxylation is 1. The van der Waals surface area contributed by atoms with E-state index in [0.717, 1.165) is 37.5 Å². The molecule has 1 amide bonds. The van der Waals surface area contributed by atoms with Crippen LogP contribution in [0.4, 0.5) is 0 Å². The van der Waals surface area contributed by atoms with Gasteiger partial charge in [-0.25, -0.2) is 0 Å². The number of amides is 1. The van der Waals surface area contributed by atoms with Crippen molar-refractivity contribution in [1.82, 2.24) is 15.1 Å². The van der Waals surface area contributed by atoms with Crippen molar-refractivity contribution in [2.24, 2.45) is 0 Å². The maximum Gasteiger partial charge on any atom is 0.237 e. The van der Waals surface area contributed by atoms with Gasteiger partial charge in [0.1, 0.15) is 12.4 Å². The van der Waals surface area contributed by atoms with Crippen LogP contribution in [0.1, 0.15) is 19.4 Å². The largest absolute Gasteiger partial charge is 0.492 e. The summed E-state index contributed by atoms with van der Waals surface area (Å²) in [6.07, 6.45) is -0.305. The molecule has 1 aliphatic heterocycles. The van der Waals surface area contributed by atoms with E-state index in [9.17, 15) is 9.90 Å². The van der Waals surface area contributed by atoms with E-state index in [1.54, 1.807) is 6.92 Å². The molecule has 0 aromatic heterocycles. The number of carbonyl (C=O) groups is 1. The number of rotatable bonds is 8. The van der Waals surface area contributed by atoms with Crippen LogP contribution in [0.15, 0.2) is 24.3 Å². The molecule has 1 saturated heterocycles. The quantitative estimate of drug-likeness (QED) is 0.682. The Bertz CT molecular complexity index is 542. The Hall–Kier alpha value is -1.63. The third-order valence-corrected chi connectivity index (χ3v) is 4.52. The van der Waals surface area contributed by atoms with Crippen molar-refractivity contribution in [3.05, 3.63) is 29.8 Å². The van der Waals surface area contributed by atoms with Gasteiger partial charge in [0, 0.05) is 32.7 Å². The van der Waals surface area contributed by atoms with E-state index < -0.39 is 0 Å². The molecule has 2 N–H and O–H groups in total. The molecule has 1 aliphatic rings. The number of carbonyl (C=O) groups excluding carboxylic acids is 1. The molecule has 0 unspecified atom stereocenters. The second kappa shape index (κ2) is 9.75. The van der Waals surface area contributed by atoms with Crippen molar-refractivity contribution in [3.8, 4) is 5.75 Å². The summed E-state index contributed by atoms with van der Waals surface area (Å²) in [5.74, 6) is 0.869. The fourth-order valence-electron chi connectivity index (χ4n) is 3.07. The molecule has 2 rings (SSSR count). The fraction of sp³-hybridized carbons (Fsp3) is 0.632. The van der Waals surface area contributed by atoms with Crippen molar-refractivity contribution in [2.45, 2.75) is 32.9 Å². The first-order valence-electron chi connectivity index (χ1n) is 9.07. The SMILES string of the molecule is Cc1cccc(OCCNC(=O)[C@H](C)N2CCN(C[C@@H](C)O)CC2)c1. The predicted octanol–water partition coefficient (Wildman–Crippen LogP) is 0.877. The van der Waals surface area contributed by atoms with E-state index in [0.29, 0.717) is 19.7 Å². The predicted molar refractivity (Wildman–Crippen MR) is 98.8 cm³/mol. The van der Waals surface area contributed by atoms with E-state index in [1.807, 2.05) is 38.1 Å². The molecule has 140 valence electrons. The summed E-state index contributed by atoms with van der Waals surface area (Å²) in [7, 11) is 0. The average molecular weight is 349 g/mol. The van der Waals surface area contributed by atoms with Crippen LogP contribution in [0, 0.1) is 6.92 Å². The van der Waals surface area contributed by atoms with Gasteiger partial charge in [0.2, 0.25) is 5.91 Å². The fourth-order valence-corrected chi connectivity index (χ4v) is 3.07. The van der Waals surface area contributed by atoms with Crippen molar-refractivity contribution >= 4 is 5.91 Å². The van der Waals surface area contributed by atoms with Gasteiger partial charge in [-0.1, -0.05) is 12.1 Å². The minimum Gasteiger partial charge on any atom is -0.492 e. The number of nitrogens with one attached hydrogen (secondary N) is 1. The molecule has 0 spiro atoms. The third-order valence-electron chi connectivity index (χ3n) is 4.52. The van der Waals surface area contributed by atoms with E-state index in [-0.39, 0.29) is 18.1 Å². The minimum absolute atomic E-state index is 0.0387. The van der Waals surface area contributed by atoms with E-state index in [1.165, 1.54) is 0 Å². The molecule has 1 fully saturated rings. The van der Waals surface area contributed by atoms with Crippen molar-refractivity contribution in [2.75, 3.05) is 45.9 Å². The summed E-state index contributed by atoms with van der Waals surface area (Å²) in [6.45, 7) is 10.9. The number of hydrogen-bond acceptors (Lipinski definition) is 5. The number of ether oxygens (including phenoxy) is 1. The Morgan fingerprint density at radius 3 is 2.64 bits per heavy atom. The highest BCUT2D eigenvalue weighted by atomic mass is 16.5. The maximum atomic E-state index is 12.3. The maximum absolute atomic E-state index is 12.3. The summed E-state index contributed by atoms with van der Waals surface area (Å²) in [5, 5.41) is 12.4. The number of benzene rings is 1. The Morgan fingerprint density at radius 1 is 1.28 bits per heavy atom. The number of aliphatic hydroxyl groups is 1.